The summed E-state index contributed by atoms with van der Waals surface area (Å²) in [6.07, 6.45) is 1.30. The van der Waals surface area contributed by atoms with Crippen molar-refractivity contribution in [3.63, 3.8) is 0 Å². The minimum absolute atomic E-state index is 0.260. The van der Waals surface area contributed by atoms with Crippen molar-refractivity contribution in [1.29, 1.82) is 0 Å². The number of nitrogens with zero attached hydrogens (tertiary/aromatic N) is 4. The van der Waals surface area contributed by atoms with Crippen molar-refractivity contribution in [3.05, 3.63) is 11.8 Å². The Morgan fingerprint density at radius 3 is 2.73 bits per heavy atom. The van der Waals surface area contributed by atoms with Crippen LogP contribution in [-0.2, 0) is 9.47 Å². The zero-order chi connectivity index (χ0) is 15.4. The molecule has 2 saturated heterocycles. The van der Waals surface area contributed by atoms with Crippen molar-refractivity contribution in [2.75, 3.05) is 63.2 Å². The summed E-state index contributed by atoms with van der Waals surface area (Å²) in [5.74, 6) is 1.29. The van der Waals surface area contributed by atoms with Gasteiger partial charge < -0.3 is 20.1 Å². The van der Waals surface area contributed by atoms with E-state index in [1.54, 1.807) is 0 Å². The highest BCUT2D eigenvalue weighted by Crippen LogP contribution is 2.16. The third kappa shape index (κ3) is 4.06. The van der Waals surface area contributed by atoms with Gasteiger partial charge in [-0.1, -0.05) is 0 Å². The van der Waals surface area contributed by atoms with E-state index in [2.05, 4.69) is 19.8 Å². The van der Waals surface area contributed by atoms with Crippen LogP contribution in [0.3, 0.4) is 0 Å². The van der Waals surface area contributed by atoms with Crippen LogP contribution in [0, 0.1) is 6.92 Å². The molecule has 0 bridgehead atoms. The van der Waals surface area contributed by atoms with E-state index in [0.717, 1.165) is 70.5 Å². The molecule has 1 aromatic rings. The number of ether oxygens (including phenoxy) is 2. The smallest absolute Gasteiger partial charge is 0.222 e. The number of aryl methyl sites for hydroxylation is 1. The fourth-order valence-electron chi connectivity index (χ4n) is 2.97. The molecular weight excluding hydrogens is 282 g/mol. The number of aromatic nitrogens is 2. The van der Waals surface area contributed by atoms with Crippen LogP contribution < -0.4 is 10.6 Å². The van der Waals surface area contributed by atoms with Crippen LogP contribution in [0.2, 0.25) is 0 Å². The second-order valence-electron chi connectivity index (χ2n) is 5.91. The highest BCUT2D eigenvalue weighted by molar-refractivity contribution is 5.43. The largest absolute Gasteiger partial charge is 0.376 e. The van der Waals surface area contributed by atoms with Crippen molar-refractivity contribution < 1.29 is 9.47 Å². The Morgan fingerprint density at radius 2 is 2.05 bits per heavy atom. The highest BCUT2D eigenvalue weighted by Gasteiger charge is 2.21. The molecule has 3 rings (SSSR count). The van der Waals surface area contributed by atoms with Gasteiger partial charge in [0.05, 0.1) is 25.9 Å². The predicted molar refractivity (Wildman–Crippen MR) is 85.0 cm³/mol. The van der Waals surface area contributed by atoms with Crippen molar-refractivity contribution in [2.45, 2.75) is 19.4 Å². The Morgan fingerprint density at radius 1 is 1.23 bits per heavy atom. The van der Waals surface area contributed by atoms with Crippen molar-refractivity contribution in [2.24, 2.45) is 0 Å². The minimum Gasteiger partial charge on any atom is -0.376 e. The van der Waals surface area contributed by atoms with Gasteiger partial charge >= 0.3 is 0 Å². The average Bonchev–Trinajstić information content (AvgIpc) is 2.53. The molecule has 7 heteroatoms. The third-order valence-electron chi connectivity index (χ3n) is 4.21. The molecule has 2 fully saturated rings. The van der Waals surface area contributed by atoms with Crippen molar-refractivity contribution in [1.82, 2.24) is 14.9 Å². The maximum absolute atomic E-state index is 5.74. The molecule has 22 heavy (non-hydrogen) atoms. The first-order valence-electron chi connectivity index (χ1n) is 7.98. The van der Waals surface area contributed by atoms with Gasteiger partial charge in [-0.05, 0) is 13.3 Å². The number of anilines is 2. The summed E-state index contributed by atoms with van der Waals surface area (Å²) < 4.78 is 11.1. The molecule has 122 valence electrons. The van der Waals surface area contributed by atoms with Crippen LogP contribution in [-0.4, -0.2) is 73.5 Å². The van der Waals surface area contributed by atoms with Gasteiger partial charge in [-0.3, -0.25) is 4.90 Å². The molecule has 2 aliphatic rings. The van der Waals surface area contributed by atoms with Gasteiger partial charge in [-0.15, -0.1) is 0 Å². The summed E-state index contributed by atoms with van der Waals surface area (Å²) in [7, 11) is 0. The Kier molecular flexibility index (Phi) is 5.07. The first-order chi connectivity index (χ1) is 10.7. The topological polar surface area (TPSA) is 76.7 Å². The Bertz CT molecular complexity index is 465. The maximum atomic E-state index is 5.74. The number of piperazine rings is 1. The Labute approximate surface area is 131 Å². The highest BCUT2D eigenvalue weighted by atomic mass is 16.6. The van der Waals surface area contributed by atoms with Crippen LogP contribution in [0.4, 0.5) is 11.8 Å². The summed E-state index contributed by atoms with van der Waals surface area (Å²) in [4.78, 5) is 13.2. The Hall–Kier alpha value is -1.44. The zero-order valence-corrected chi connectivity index (χ0v) is 13.2. The van der Waals surface area contributed by atoms with Crippen LogP contribution in [0.15, 0.2) is 6.07 Å². The first kappa shape index (κ1) is 15.5. The molecule has 0 aromatic carbocycles. The monoisotopic (exact) mass is 307 g/mol. The molecule has 2 aliphatic heterocycles. The third-order valence-corrected chi connectivity index (χ3v) is 4.21. The van der Waals surface area contributed by atoms with Gasteiger partial charge in [0.25, 0.3) is 0 Å². The lowest BCUT2D eigenvalue weighted by Gasteiger charge is -2.36. The van der Waals surface area contributed by atoms with E-state index in [0.29, 0.717) is 5.95 Å². The van der Waals surface area contributed by atoms with E-state index in [1.807, 2.05) is 13.0 Å². The lowest BCUT2D eigenvalue weighted by molar-refractivity contribution is -0.0927. The summed E-state index contributed by atoms with van der Waals surface area (Å²) >= 11 is 0. The molecule has 3 heterocycles. The second-order valence-corrected chi connectivity index (χ2v) is 5.91. The SMILES string of the molecule is Cc1cc(N2CCN(CCC3COCCO3)CC2)nc(N)n1. The van der Waals surface area contributed by atoms with Crippen molar-refractivity contribution >= 4 is 11.8 Å². The predicted octanol–water partition coefficient (Wildman–Crippen LogP) is 0.295. The van der Waals surface area contributed by atoms with Gasteiger partial charge in [0.2, 0.25) is 5.95 Å². The van der Waals surface area contributed by atoms with Gasteiger partial charge in [0.15, 0.2) is 0 Å². The Balaban J connectivity index is 1.45. The van der Waals surface area contributed by atoms with Gasteiger partial charge in [-0.25, -0.2) is 4.98 Å². The minimum atomic E-state index is 0.260. The van der Waals surface area contributed by atoms with Gasteiger partial charge in [0.1, 0.15) is 5.82 Å². The normalized spacial score (nSPS) is 23.7. The fraction of sp³-hybridized carbons (Fsp3) is 0.733. The lowest BCUT2D eigenvalue weighted by atomic mass is 10.2. The number of hydrogen-bond donors (Lipinski definition) is 1. The number of hydrogen-bond acceptors (Lipinski definition) is 7. The standard InChI is InChI=1S/C15H25N5O2/c1-12-10-14(18-15(16)17-12)20-6-4-19(5-7-20)3-2-13-11-21-8-9-22-13/h10,13H,2-9,11H2,1H3,(H2,16,17,18). The quantitative estimate of drug-likeness (QED) is 0.857. The molecule has 7 nitrogen and oxygen atoms in total. The van der Waals surface area contributed by atoms with Crippen LogP contribution >= 0.6 is 0 Å². The molecule has 0 spiro atoms. The average molecular weight is 307 g/mol. The maximum Gasteiger partial charge on any atom is 0.222 e. The lowest BCUT2D eigenvalue weighted by Crippen LogP contribution is -2.47. The molecule has 1 unspecified atom stereocenters. The van der Waals surface area contributed by atoms with E-state index < -0.39 is 0 Å². The van der Waals surface area contributed by atoms with Crippen molar-refractivity contribution in [3.8, 4) is 0 Å². The number of rotatable bonds is 4. The molecule has 1 atom stereocenters. The first-order valence-corrected chi connectivity index (χ1v) is 7.98. The van der Waals surface area contributed by atoms with Crippen LogP contribution in [0.5, 0.6) is 0 Å². The van der Waals surface area contributed by atoms with E-state index in [4.69, 9.17) is 15.2 Å². The van der Waals surface area contributed by atoms with E-state index in [-0.39, 0.29) is 6.10 Å². The number of nitrogens with two attached hydrogens (primary N) is 1. The number of nitrogen functional groups attached to an aromatic ring is 1. The molecule has 2 N–H and O–H groups in total. The summed E-state index contributed by atoms with van der Waals surface area (Å²) in [6.45, 7) is 9.22. The fourth-order valence-corrected chi connectivity index (χ4v) is 2.97. The summed E-state index contributed by atoms with van der Waals surface area (Å²) in [5, 5.41) is 0. The molecule has 0 radical (unpaired) electrons. The molecular formula is C15H25N5O2. The molecule has 0 amide bonds. The summed E-state index contributed by atoms with van der Waals surface area (Å²) in [5.41, 5.74) is 6.65. The van der Waals surface area contributed by atoms with Gasteiger partial charge in [-0.2, -0.15) is 4.98 Å². The van der Waals surface area contributed by atoms with E-state index in [1.165, 1.54) is 0 Å². The van der Waals surface area contributed by atoms with Crippen LogP contribution in [0.25, 0.3) is 0 Å². The van der Waals surface area contributed by atoms with E-state index in [9.17, 15) is 0 Å². The molecule has 0 aliphatic carbocycles. The molecule has 0 saturated carbocycles. The zero-order valence-electron chi connectivity index (χ0n) is 13.2. The van der Waals surface area contributed by atoms with Crippen LogP contribution in [0.1, 0.15) is 12.1 Å². The van der Waals surface area contributed by atoms with E-state index >= 15 is 0 Å². The summed E-state index contributed by atoms with van der Waals surface area (Å²) in [6, 6.07) is 2.00. The molecule has 1 aromatic heterocycles. The second kappa shape index (κ2) is 7.21. The van der Waals surface area contributed by atoms with Gasteiger partial charge in [0, 0.05) is 44.5 Å².